The Hall–Kier alpha value is -0.705. The first-order valence-corrected chi connectivity index (χ1v) is 4.31. The van der Waals surface area contributed by atoms with Crippen molar-refractivity contribution in [3.05, 3.63) is 23.2 Å². The Bertz CT molecular complexity index is 291. The van der Waals surface area contributed by atoms with Crippen LogP contribution in [0.5, 0.6) is 5.75 Å². The summed E-state index contributed by atoms with van der Waals surface area (Å²) in [5.41, 5.74) is 0.286. The molecule has 3 nitrogen and oxygen atoms in total. The Morgan fingerprint density at radius 3 is 2.69 bits per heavy atom. The molecule has 0 saturated heterocycles. The monoisotopic (exact) mass is 200 g/mol. The average Bonchev–Trinajstić information content (AvgIpc) is 2.08. The molecule has 0 bridgehead atoms. The molecule has 1 rings (SSSR count). The summed E-state index contributed by atoms with van der Waals surface area (Å²) in [5.74, 6) is 0.446. The highest BCUT2D eigenvalue weighted by Gasteiger charge is 2.17. The van der Waals surface area contributed by atoms with Crippen molar-refractivity contribution in [2.45, 2.75) is 6.92 Å². The lowest BCUT2D eigenvalue weighted by molar-refractivity contribution is 0.340. The highest BCUT2D eigenvalue weighted by Crippen LogP contribution is 2.13. The van der Waals surface area contributed by atoms with E-state index < -0.39 is 7.12 Å². The smallest absolute Gasteiger partial charge is 0.492 e. The van der Waals surface area contributed by atoms with Crippen molar-refractivity contribution in [1.29, 1.82) is 0 Å². The molecule has 0 amide bonds. The lowest BCUT2D eigenvalue weighted by Gasteiger charge is -2.09. The molecule has 1 aromatic rings. The van der Waals surface area contributed by atoms with Crippen LogP contribution in [-0.4, -0.2) is 23.8 Å². The van der Waals surface area contributed by atoms with E-state index in [4.69, 9.17) is 26.4 Å². The van der Waals surface area contributed by atoms with Crippen LogP contribution in [0.1, 0.15) is 6.92 Å². The molecular weight excluding hydrogens is 190 g/mol. The number of hydrogen-bond donors (Lipinski definition) is 2. The van der Waals surface area contributed by atoms with Crippen LogP contribution in [0.25, 0.3) is 0 Å². The fourth-order valence-electron chi connectivity index (χ4n) is 1.01. The largest absolute Gasteiger partial charge is 0.494 e. The molecule has 0 aromatic heterocycles. The van der Waals surface area contributed by atoms with Gasteiger partial charge in [-0.25, -0.2) is 0 Å². The Morgan fingerprint density at radius 2 is 2.15 bits per heavy atom. The van der Waals surface area contributed by atoms with Gasteiger partial charge in [0.15, 0.2) is 0 Å². The molecule has 0 spiro atoms. The molecule has 0 saturated carbocycles. The summed E-state index contributed by atoms with van der Waals surface area (Å²) in [5, 5.41) is 18.4. The second-order valence-corrected chi connectivity index (χ2v) is 2.93. The maximum atomic E-state index is 8.97. The predicted octanol–water partition coefficient (Wildman–Crippen LogP) is 0.418. The van der Waals surface area contributed by atoms with Crippen molar-refractivity contribution in [3.63, 3.8) is 0 Å². The van der Waals surface area contributed by atoms with Gasteiger partial charge in [-0.2, -0.15) is 0 Å². The summed E-state index contributed by atoms with van der Waals surface area (Å²) in [4.78, 5) is 0. The molecule has 0 aliphatic rings. The van der Waals surface area contributed by atoms with Gasteiger partial charge in [0, 0.05) is 10.5 Å². The van der Waals surface area contributed by atoms with Gasteiger partial charge in [0.25, 0.3) is 0 Å². The van der Waals surface area contributed by atoms with Crippen molar-refractivity contribution in [1.82, 2.24) is 0 Å². The second kappa shape index (κ2) is 4.51. The number of hydrogen-bond acceptors (Lipinski definition) is 3. The van der Waals surface area contributed by atoms with Crippen LogP contribution in [0.3, 0.4) is 0 Å². The number of ether oxygens (including phenoxy) is 1. The molecule has 2 N–H and O–H groups in total. The van der Waals surface area contributed by atoms with Crippen LogP contribution in [-0.2, 0) is 0 Å². The molecule has 0 unspecified atom stereocenters. The van der Waals surface area contributed by atoms with E-state index >= 15 is 0 Å². The molecule has 0 heterocycles. The Kier molecular flexibility index (Phi) is 3.60. The summed E-state index contributed by atoms with van der Waals surface area (Å²) in [7, 11) is -1.56. The number of benzene rings is 1. The van der Waals surface area contributed by atoms with Crippen molar-refractivity contribution < 1.29 is 14.8 Å². The van der Waals surface area contributed by atoms with Crippen LogP contribution in [0.4, 0.5) is 0 Å². The van der Waals surface area contributed by atoms with E-state index in [9.17, 15) is 0 Å². The van der Waals surface area contributed by atoms with E-state index in [1.54, 1.807) is 12.1 Å². The normalized spacial score (nSPS) is 9.85. The Morgan fingerprint density at radius 1 is 1.46 bits per heavy atom. The molecule has 70 valence electrons. The van der Waals surface area contributed by atoms with E-state index in [-0.39, 0.29) is 5.46 Å². The second-order valence-electron chi connectivity index (χ2n) is 2.49. The van der Waals surface area contributed by atoms with E-state index in [2.05, 4.69) is 0 Å². The summed E-state index contributed by atoms with van der Waals surface area (Å²) in [6.45, 7) is 2.30. The van der Waals surface area contributed by atoms with Crippen LogP contribution in [0, 0.1) is 0 Å². The molecule has 13 heavy (non-hydrogen) atoms. The SMILES string of the molecule is CCOc1ccc(Cl)cc1B(O)O. The van der Waals surface area contributed by atoms with Gasteiger partial charge in [-0.05, 0) is 25.1 Å². The summed E-state index contributed by atoms with van der Waals surface area (Å²) < 4.78 is 5.17. The third-order valence-corrected chi connectivity index (χ3v) is 1.78. The van der Waals surface area contributed by atoms with Crippen molar-refractivity contribution in [2.24, 2.45) is 0 Å². The molecule has 1 aromatic carbocycles. The maximum Gasteiger partial charge on any atom is 0.492 e. The molecule has 0 aliphatic carbocycles. The summed E-state index contributed by atoms with van der Waals surface area (Å²) >= 11 is 5.68. The molecule has 0 aliphatic heterocycles. The lowest BCUT2D eigenvalue weighted by Crippen LogP contribution is -2.31. The van der Waals surface area contributed by atoms with Gasteiger partial charge in [-0.15, -0.1) is 0 Å². The zero-order valence-corrected chi connectivity index (χ0v) is 7.95. The highest BCUT2D eigenvalue weighted by molar-refractivity contribution is 6.60. The van der Waals surface area contributed by atoms with Gasteiger partial charge < -0.3 is 14.8 Å². The van der Waals surface area contributed by atoms with E-state index in [1.807, 2.05) is 6.92 Å². The predicted molar refractivity (Wildman–Crippen MR) is 52.4 cm³/mol. The molecule has 0 fully saturated rings. The van der Waals surface area contributed by atoms with Crippen LogP contribution in [0.15, 0.2) is 18.2 Å². The number of rotatable bonds is 3. The minimum atomic E-state index is -1.56. The molecule has 0 radical (unpaired) electrons. The molecule has 5 heteroatoms. The zero-order valence-electron chi connectivity index (χ0n) is 7.20. The van der Waals surface area contributed by atoms with Crippen molar-refractivity contribution in [2.75, 3.05) is 6.61 Å². The minimum Gasteiger partial charge on any atom is -0.494 e. The lowest BCUT2D eigenvalue weighted by atomic mass is 9.79. The Labute approximate surface area is 82.1 Å². The third kappa shape index (κ3) is 2.62. The molecular formula is C8H10BClO3. The first-order valence-electron chi connectivity index (χ1n) is 3.93. The topological polar surface area (TPSA) is 49.7 Å². The van der Waals surface area contributed by atoms with Gasteiger partial charge >= 0.3 is 7.12 Å². The Balaban J connectivity index is 3.03. The first-order chi connectivity index (χ1) is 6.15. The quantitative estimate of drug-likeness (QED) is 0.695. The van der Waals surface area contributed by atoms with Gasteiger partial charge in [-0.3, -0.25) is 0 Å². The fraction of sp³-hybridized carbons (Fsp3) is 0.250. The van der Waals surface area contributed by atoms with Gasteiger partial charge in [-0.1, -0.05) is 11.6 Å². The fourth-order valence-corrected chi connectivity index (χ4v) is 1.19. The third-order valence-electron chi connectivity index (χ3n) is 1.55. The van der Waals surface area contributed by atoms with Gasteiger partial charge in [0.2, 0.25) is 0 Å². The van der Waals surface area contributed by atoms with Gasteiger partial charge in [0.05, 0.1) is 6.61 Å². The number of halogens is 1. The molecule has 0 atom stereocenters. The summed E-state index contributed by atoms with van der Waals surface area (Å²) in [6, 6.07) is 4.72. The average molecular weight is 200 g/mol. The van der Waals surface area contributed by atoms with Crippen LogP contribution in [0.2, 0.25) is 5.02 Å². The standard InChI is InChI=1S/C8H10BClO3/c1-2-13-8-4-3-6(10)5-7(8)9(11)12/h3-5,11-12H,2H2,1H3. The van der Waals surface area contributed by atoms with Crippen molar-refractivity contribution >= 4 is 24.2 Å². The zero-order chi connectivity index (χ0) is 9.84. The minimum absolute atomic E-state index is 0.286. The highest BCUT2D eigenvalue weighted by atomic mass is 35.5. The van der Waals surface area contributed by atoms with E-state index in [0.717, 1.165) is 0 Å². The van der Waals surface area contributed by atoms with E-state index in [0.29, 0.717) is 17.4 Å². The summed E-state index contributed by atoms with van der Waals surface area (Å²) in [6.07, 6.45) is 0. The first kappa shape index (κ1) is 10.4. The van der Waals surface area contributed by atoms with Gasteiger partial charge in [0.1, 0.15) is 5.75 Å². The van der Waals surface area contributed by atoms with Crippen LogP contribution < -0.4 is 10.2 Å². The van der Waals surface area contributed by atoms with Crippen molar-refractivity contribution in [3.8, 4) is 5.75 Å². The van der Waals surface area contributed by atoms with Crippen LogP contribution >= 0.6 is 11.6 Å². The maximum absolute atomic E-state index is 8.97. The van der Waals surface area contributed by atoms with E-state index in [1.165, 1.54) is 6.07 Å².